The largest absolute Gasteiger partial charge is 0.394 e. The molecule has 5 nitrogen and oxygen atoms in total. The summed E-state index contributed by atoms with van der Waals surface area (Å²) in [5.41, 5.74) is 0. The molecule has 0 aromatic heterocycles. The van der Waals surface area contributed by atoms with Crippen molar-refractivity contribution in [3.63, 3.8) is 0 Å². The van der Waals surface area contributed by atoms with Gasteiger partial charge in [0.05, 0.1) is 31.3 Å². The van der Waals surface area contributed by atoms with Gasteiger partial charge < -0.3 is 20.6 Å². The molecule has 0 bridgehead atoms. The predicted octanol–water partition coefficient (Wildman–Crippen LogP) is 15.3. The minimum Gasteiger partial charge on any atom is -0.394 e. The number of carbonyl (C=O) groups is 1. The fourth-order valence-electron chi connectivity index (χ4n) is 7.68. The first-order valence-electron chi connectivity index (χ1n) is 25.4. The van der Waals surface area contributed by atoms with Crippen molar-refractivity contribution in [1.29, 1.82) is 0 Å². The summed E-state index contributed by atoms with van der Waals surface area (Å²) < 4.78 is 0. The van der Waals surface area contributed by atoms with E-state index in [1.165, 1.54) is 193 Å². The number of hydrogen-bond acceptors (Lipinski definition) is 4. The molecule has 1 amide bonds. The van der Waals surface area contributed by atoms with Gasteiger partial charge in [0.2, 0.25) is 5.91 Å². The maximum Gasteiger partial charge on any atom is 0.222 e. The third kappa shape index (κ3) is 43.9. The molecule has 0 saturated carbocycles. The van der Waals surface area contributed by atoms with E-state index in [1.807, 2.05) is 6.08 Å². The molecule has 0 aliphatic heterocycles. The van der Waals surface area contributed by atoms with Gasteiger partial charge in [-0.15, -0.1) is 0 Å². The van der Waals surface area contributed by atoms with Crippen molar-refractivity contribution in [2.45, 2.75) is 276 Å². The molecule has 0 rings (SSSR count). The summed E-state index contributed by atoms with van der Waals surface area (Å²) in [6.45, 7) is 4.19. The number of rotatable bonds is 46. The Morgan fingerprint density at radius 3 is 1.21 bits per heavy atom. The summed E-state index contributed by atoms with van der Waals surface area (Å²) in [7, 11) is 0. The van der Waals surface area contributed by atoms with Gasteiger partial charge in [0, 0.05) is 0 Å². The molecule has 0 aliphatic carbocycles. The summed E-state index contributed by atoms with van der Waals surface area (Å²) in [6, 6.07) is -0.760. The van der Waals surface area contributed by atoms with Gasteiger partial charge in [0.15, 0.2) is 0 Å². The van der Waals surface area contributed by atoms with Crippen molar-refractivity contribution in [1.82, 2.24) is 5.32 Å². The molecule has 0 aromatic carbocycles. The van der Waals surface area contributed by atoms with Crippen molar-refractivity contribution >= 4 is 5.91 Å². The Bertz CT molecular complexity index is 943. The van der Waals surface area contributed by atoms with Crippen LogP contribution in [0.1, 0.15) is 258 Å². The van der Waals surface area contributed by atoms with Gasteiger partial charge in [0.25, 0.3) is 0 Å². The highest BCUT2D eigenvalue weighted by molar-refractivity contribution is 5.76. The van der Waals surface area contributed by atoms with Crippen LogP contribution in [0.4, 0.5) is 0 Å². The van der Waals surface area contributed by atoms with Crippen LogP contribution in [0, 0.1) is 0 Å². The summed E-state index contributed by atoms with van der Waals surface area (Å²) in [4.78, 5) is 12.4. The Kier molecular flexibility index (Phi) is 46.6. The molecule has 340 valence electrons. The average Bonchev–Trinajstić information content (AvgIpc) is 3.22. The zero-order chi connectivity index (χ0) is 42.3. The molecule has 58 heavy (non-hydrogen) atoms. The van der Waals surface area contributed by atoms with E-state index in [4.69, 9.17) is 0 Å². The summed E-state index contributed by atoms with van der Waals surface area (Å²) in [5.74, 6) is -0.326. The van der Waals surface area contributed by atoms with Crippen molar-refractivity contribution in [2.75, 3.05) is 6.61 Å². The molecular formula is C53H99NO4. The molecule has 0 radical (unpaired) electrons. The Hall–Kier alpha value is -1.69. The van der Waals surface area contributed by atoms with Crippen molar-refractivity contribution in [3.8, 4) is 0 Å². The summed E-state index contributed by atoms with van der Waals surface area (Å²) in [6.07, 6.45) is 62.9. The topological polar surface area (TPSA) is 89.8 Å². The lowest BCUT2D eigenvalue weighted by atomic mass is 10.0. The molecule has 0 saturated heterocycles. The van der Waals surface area contributed by atoms with Crippen molar-refractivity contribution in [2.24, 2.45) is 0 Å². The van der Waals surface area contributed by atoms with Gasteiger partial charge in [-0.05, 0) is 64.2 Å². The maximum atomic E-state index is 12.4. The Morgan fingerprint density at radius 2 is 0.793 bits per heavy atom. The molecule has 0 heterocycles. The van der Waals surface area contributed by atoms with Crippen LogP contribution >= 0.6 is 0 Å². The van der Waals surface area contributed by atoms with E-state index in [2.05, 4.69) is 55.6 Å². The molecule has 3 atom stereocenters. The summed E-state index contributed by atoms with van der Waals surface area (Å²) >= 11 is 0. The van der Waals surface area contributed by atoms with Crippen LogP contribution in [0.25, 0.3) is 0 Å². The number of unbranched alkanes of at least 4 members (excludes halogenated alkanes) is 31. The zero-order valence-corrected chi connectivity index (χ0v) is 38.7. The lowest BCUT2D eigenvalue weighted by Crippen LogP contribution is -2.45. The molecular weight excluding hydrogens is 715 g/mol. The van der Waals surface area contributed by atoms with Crippen LogP contribution in [0.2, 0.25) is 0 Å². The van der Waals surface area contributed by atoms with E-state index in [0.717, 1.165) is 38.5 Å². The van der Waals surface area contributed by atoms with Crippen LogP contribution < -0.4 is 5.32 Å². The molecule has 5 heteroatoms. The fourth-order valence-corrected chi connectivity index (χ4v) is 7.68. The highest BCUT2D eigenvalue weighted by atomic mass is 16.3. The van der Waals surface area contributed by atoms with E-state index in [1.54, 1.807) is 6.08 Å². The SMILES string of the molecule is CCCCCCCC/C=C/CC/C=C/C(O)C(CO)NC(=O)CC(O)CCCCCCCCCCCCCCCCC/C=C\C/C=C\CCCCCCCCCCC. The predicted molar refractivity (Wildman–Crippen MR) is 254 cm³/mol. The number of aliphatic hydroxyl groups excluding tert-OH is 3. The first kappa shape index (κ1) is 56.3. The number of aliphatic hydroxyl groups is 3. The van der Waals surface area contributed by atoms with Crippen LogP contribution in [0.15, 0.2) is 48.6 Å². The second-order valence-electron chi connectivity index (χ2n) is 17.4. The number of allylic oxidation sites excluding steroid dienone is 7. The molecule has 0 fully saturated rings. The third-order valence-electron chi connectivity index (χ3n) is 11.6. The fraction of sp³-hybridized carbons (Fsp3) is 0.830. The molecule has 0 aromatic rings. The van der Waals surface area contributed by atoms with Crippen molar-refractivity contribution < 1.29 is 20.1 Å². The number of nitrogens with one attached hydrogen (secondary N) is 1. The van der Waals surface area contributed by atoms with Gasteiger partial charge in [-0.3, -0.25) is 4.79 Å². The van der Waals surface area contributed by atoms with E-state index >= 15 is 0 Å². The number of carbonyl (C=O) groups excluding carboxylic acids is 1. The van der Waals surface area contributed by atoms with E-state index in [-0.39, 0.29) is 18.9 Å². The quantitative estimate of drug-likeness (QED) is 0.0364. The van der Waals surface area contributed by atoms with Gasteiger partial charge >= 0.3 is 0 Å². The Balaban J connectivity index is 3.55. The van der Waals surface area contributed by atoms with E-state index in [0.29, 0.717) is 6.42 Å². The normalized spacial score (nSPS) is 13.8. The first-order chi connectivity index (χ1) is 28.5. The van der Waals surface area contributed by atoms with Gasteiger partial charge in [-0.1, -0.05) is 236 Å². The third-order valence-corrected chi connectivity index (χ3v) is 11.6. The standard InChI is InChI=1S/C53H99NO4/c1-3-5-7-9-11-13-15-17-18-19-20-21-22-23-24-25-26-27-28-29-30-31-32-33-34-35-36-38-40-42-44-46-50(56)48-53(58)54-51(49-55)52(57)47-45-43-41-39-37-16-14-12-10-8-6-4-2/h20-21,23-24,37,39,45,47,50-52,55-57H,3-19,22,25-36,38,40-44,46,48-49H2,1-2H3,(H,54,58)/b21-20-,24-23-,39-37+,47-45+. The van der Waals surface area contributed by atoms with Gasteiger partial charge in [-0.2, -0.15) is 0 Å². The van der Waals surface area contributed by atoms with E-state index < -0.39 is 18.2 Å². The van der Waals surface area contributed by atoms with Crippen LogP contribution in [-0.2, 0) is 4.79 Å². The second kappa shape index (κ2) is 48.0. The van der Waals surface area contributed by atoms with Crippen LogP contribution in [0.5, 0.6) is 0 Å². The van der Waals surface area contributed by atoms with E-state index in [9.17, 15) is 20.1 Å². The van der Waals surface area contributed by atoms with Gasteiger partial charge in [-0.25, -0.2) is 0 Å². The lowest BCUT2D eigenvalue weighted by molar-refractivity contribution is -0.124. The van der Waals surface area contributed by atoms with Gasteiger partial charge in [0.1, 0.15) is 0 Å². The molecule has 3 unspecified atom stereocenters. The number of amides is 1. The highest BCUT2D eigenvalue weighted by Crippen LogP contribution is 2.16. The minimum absolute atomic E-state index is 0.00565. The Labute approximate surface area is 361 Å². The average molecular weight is 814 g/mol. The van der Waals surface area contributed by atoms with Crippen LogP contribution in [0.3, 0.4) is 0 Å². The molecule has 4 N–H and O–H groups in total. The number of hydrogen-bond donors (Lipinski definition) is 4. The monoisotopic (exact) mass is 814 g/mol. The summed E-state index contributed by atoms with van der Waals surface area (Å²) in [5, 5.41) is 33.2. The molecule has 0 aliphatic rings. The Morgan fingerprint density at radius 1 is 0.448 bits per heavy atom. The molecule has 0 spiro atoms. The lowest BCUT2D eigenvalue weighted by Gasteiger charge is -2.21. The van der Waals surface area contributed by atoms with Crippen LogP contribution in [-0.4, -0.2) is 46.1 Å². The van der Waals surface area contributed by atoms with Crippen molar-refractivity contribution in [3.05, 3.63) is 48.6 Å². The maximum absolute atomic E-state index is 12.4. The smallest absolute Gasteiger partial charge is 0.222 e. The minimum atomic E-state index is -0.951. The second-order valence-corrected chi connectivity index (χ2v) is 17.4. The first-order valence-corrected chi connectivity index (χ1v) is 25.4. The highest BCUT2D eigenvalue weighted by Gasteiger charge is 2.20. The zero-order valence-electron chi connectivity index (χ0n) is 38.7.